The summed E-state index contributed by atoms with van der Waals surface area (Å²) in [6, 6.07) is 2.27. The van der Waals surface area contributed by atoms with Crippen LogP contribution in [0, 0.1) is 0 Å². The molecule has 2 aliphatic rings. The third-order valence-corrected chi connectivity index (χ3v) is 6.12. The van der Waals surface area contributed by atoms with Crippen molar-refractivity contribution in [1.82, 2.24) is 14.4 Å². The first-order valence-corrected chi connectivity index (χ1v) is 8.97. The summed E-state index contributed by atoms with van der Waals surface area (Å²) in [4.78, 5) is 12.6. The van der Waals surface area contributed by atoms with Crippen LogP contribution in [-0.4, -0.2) is 34.1 Å². The second-order valence-corrected chi connectivity index (χ2v) is 7.26. The van der Waals surface area contributed by atoms with Crippen LogP contribution in [0.3, 0.4) is 0 Å². The lowest BCUT2D eigenvalue weighted by atomic mass is 9.82. The number of hydrogen-bond acceptors (Lipinski definition) is 5. The summed E-state index contributed by atoms with van der Waals surface area (Å²) in [6.45, 7) is 2.81. The lowest BCUT2D eigenvalue weighted by Gasteiger charge is -2.44. The molecule has 0 aromatic carbocycles. The summed E-state index contributed by atoms with van der Waals surface area (Å²) >= 11 is 1.88. The summed E-state index contributed by atoms with van der Waals surface area (Å²) in [5.41, 5.74) is 2.27. The second kappa shape index (κ2) is 5.04. The molecule has 0 bridgehead atoms. The molecule has 6 heteroatoms. The molecular weight excluding hydrogens is 308 g/mol. The SMILES string of the molecule is c1cn2c(N3CCC4(CC3)OCCc3sccc34)cncc2n1. The second-order valence-electron chi connectivity index (χ2n) is 6.26. The Bertz CT molecular complexity index is 847. The normalized spacial score (nSPS) is 20.1. The van der Waals surface area contributed by atoms with Crippen LogP contribution in [0.5, 0.6) is 0 Å². The molecule has 0 N–H and O–H groups in total. The van der Waals surface area contributed by atoms with Crippen molar-refractivity contribution in [3.63, 3.8) is 0 Å². The third-order valence-electron chi connectivity index (χ3n) is 5.14. The quantitative estimate of drug-likeness (QED) is 0.690. The molecule has 5 heterocycles. The first-order chi connectivity index (χ1) is 11.4. The van der Waals surface area contributed by atoms with E-state index < -0.39 is 0 Å². The van der Waals surface area contributed by atoms with Gasteiger partial charge in [0.2, 0.25) is 0 Å². The van der Waals surface area contributed by atoms with Crippen LogP contribution in [0.1, 0.15) is 23.3 Å². The van der Waals surface area contributed by atoms with Crippen LogP contribution in [0.25, 0.3) is 5.65 Å². The van der Waals surface area contributed by atoms with Gasteiger partial charge in [0.15, 0.2) is 5.65 Å². The predicted molar refractivity (Wildman–Crippen MR) is 90.1 cm³/mol. The van der Waals surface area contributed by atoms with E-state index in [4.69, 9.17) is 4.74 Å². The van der Waals surface area contributed by atoms with Crippen LogP contribution < -0.4 is 4.90 Å². The average molecular weight is 326 g/mol. The molecule has 0 aliphatic carbocycles. The van der Waals surface area contributed by atoms with Gasteiger partial charge in [-0.1, -0.05) is 0 Å². The zero-order valence-corrected chi connectivity index (χ0v) is 13.6. The van der Waals surface area contributed by atoms with Gasteiger partial charge in [-0.05, 0) is 29.9 Å². The van der Waals surface area contributed by atoms with Gasteiger partial charge < -0.3 is 9.64 Å². The van der Waals surface area contributed by atoms with Crippen molar-refractivity contribution < 1.29 is 4.74 Å². The van der Waals surface area contributed by atoms with Gasteiger partial charge in [0.25, 0.3) is 0 Å². The van der Waals surface area contributed by atoms with E-state index in [0.717, 1.165) is 50.4 Å². The van der Waals surface area contributed by atoms with Gasteiger partial charge in [0.05, 0.1) is 24.6 Å². The Labute approximate surface area is 138 Å². The van der Waals surface area contributed by atoms with E-state index >= 15 is 0 Å². The summed E-state index contributed by atoms with van der Waals surface area (Å²) in [6.07, 6.45) is 10.7. The highest BCUT2D eigenvalue weighted by molar-refractivity contribution is 7.10. The van der Waals surface area contributed by atoms with Gasteiger partial charge in [-0.3, -0.25) is 9.38 Å². The molecule has 5 nitrogen and oxygen atoms in total. The Balaban J connectivity index is 1.45. The van der Waals surface area contributed by atoms with E-state index in [1.165, 1.54) is 10.4 Å². The number of thiophene rings is 1. The molecule has 1 spiro atoms. The molecule has 0 radical (unpaired) electrons. The van der Waals surface area contributed by atoms with Gasteiger partial charge in [-0.25, -0.2) is 4.98 Å². The molecule has 0 amide bonds. The highest BCUT2D eigenvalue weighted by Crippen LogP contribution is 2.43. The third kappa shape index (κ3) is 2.01. The van der Waals surface area contributed by atoms with E-state index in [-0.39, 0.29) is 5.60 Å². The van der Waals surface area contributed by atoms with Crippen molar-refractivity contribution in [3.8, 4) is 0 Å². The monoisotopic (exact) mass is 326 g/mol. The summed E-state index contributed by atoms with van der Waals surface area (Å²) in [7, 11) is 0. The molecule has 0 saturated carbocycles. The van der Waals surface area contributed by atoms with Gasteiger partial charge >= 0.3 is 0 Å². The fraction of sp³-hybridized carbons (Fsp3) is 0.412. The van der Waals surface area contributed by atoms with Gasteiger partial charge in [0.1, 0.15) is 5.82 Å². The number of ether oxygens (including phenoxy) is 1. The topological polar surface area (TPSA) is 42.7 Å². The lowest BCUT2D eigenvalue weighted by Crippen LogP contribution is -2.46. The molecule has 0 unspecified atom stereocenters. The number of imidazole rings is 1. The summed E-state index contributed by atoms with van der Waals surface area (Å²) < 4.78 is 8.41. The Morgan fingerprint density at radius 2 is 2.13 bits per heavy atom. The van der Waals surface area contributed by atoms with Crippen molar-refractivity contribution in [3.05, 3.63) is 46.7 Å². The minimum atomic E-state index is -0.0691. The van der Waals surface area contributed by atoms with Crippen molar-refractivity contribution in [2.75, 3.05) is 24.6 Å². The Kier molecular flexibility index (Phi) is 2.96. The highest BCUT2D eigenvalue weighted by atomic mass is 32.1. The van der Waals surface area contributed by atoms with E-state index in [1.54, 1.807) is 6.20 Å². The molecular formula is C17H18N4OS. The number of aromatic nitrogens is 3. The summed E-state index contributed by atoms with van der Waals surface area (Å²) in [5, 5.41) is 2.21. The van der Waals surface area contributed by atoms with Crippen molar-refractivity contribution >= 4 is 22.8 Å². The fourth-order valence-electron chi connectivity index (χ4n) is 3.94. The molecule has 23 heavy (non-hydrogen) atoms. The largest absolute Gasteiger partial charge is 0.370 e. The van der Waals surface area contributed by atoms with Gasteiger partial charge in [0, 0.05) is 36.8 Å². The van der Waals surface area contributed by atoms with Crippen molar-refractivity contribution in [1.29, 1.82) is 0 Å². The average Bonchev–Trinajstić information content (AvgIpc) is 3.25. The molecule has 5 rings (SSSR count). The Hall–Kier alpha value is -1.92. The molecule has 1 saturated heterocycles. The molecule has 2 aliphatic heterocycles. The first kappa shape index (κ1) is 13.5. The number of piperidine rings is 1. The van der Waals surface area contributed by atoms with Gasteiger partial charge in [-0.15, -0.1) is 11.3 Å². The molecule has 0 atom stereocenters. The van der Waals surface area contributed by atoms with E-state index in [2.05, 4.69) is 30.7 Å². The lowest BCUT2D eigenvalue weighted by molar-refractivity contribution is -0.0757. The molecule has 3 aromatic rings. The van der Waals surface area contributed by atoms with E-state index in [1.807, 2.05) is 29.9 Å². The maximum absolute atomic E-state index is 6.29. The van der Waals surface area contributed by atoms with Crippen LogP contribution in [-0.2, 0) is 16.8 Å². The minimum absolute atomic E-state index is 0.0691. The first-order valence-electron chi connectivity index (χ1n) is 8.09. The highest BCUT2D eigenvalue weighted by Gasteiger charge is 2.41. The number of fused-ring (bicyclic) bond motifs is 3. The zero-order valence-electron chi connectivity index (χ0n) is 12.8. The maximum Gasteiger partial charge on any atom is 0.156 e. The van der Waals surface area contributed by atoms with Crippen molar-refractivity contribution in [2.45, 2.75) is 24.9 Å². The minimum Gasteiger partial charge on any atom is -0.370 e. The van der Waals surface area contributed by atoms with Crippen LogP contribution >= 0.6 is 11.3 Å². The van der Waals surface area contributed by atoms with Crippen LogP contribution in [0.2, 0.25) is 0 Å². The molecule has 3 aromatic heterocycles. The molecule has 118 valence electrons. The smallest absolute Gasteiger partial charge is 0.156 e. The number of hydrogen-bond donors (Lipinski definition) is 0. The van der Waals surface area contributed by atoms with Crippen LogP contribution in [0.15, 0.2) is 36.2 Å². The Morgan fingerprint density at radius 3 is 3.04 bits per heavy atom. The number of rotatable bonds is 1. The Morgan fingerprint density at radius 1 is 1.22 bits per heavy atom. The maximum atomic E-state index is 6.29. The van der Waals surface area contributed by atoms with Gasteiger partial charge in [-0.2, -0.15) is 0 Å². The zero-order chi connectivity index (χ0) is 15.3. The standard InChI is InChI=1S/C17H18N4OS/c1-9-22-17(13-2-10-23-14(1)13)3-6-20(7-4-17)16-12-18-11-15-19-5-8-21(15)16/h2,5,8,10-12H,1,3-4,6-7,9H2. The fourth-order valence-corrected chi connectivity index (χ4v) is 4.89. The molecule has 1 fully saturated rings. The number of anilines is 1. The number of nitrogens with zero attached hydrogens (tertiary/aromatic N) is 4. The predicted octanol–water partition coefficient (Wildman–Crippen LogP) is 2.86. The van der Waals surface area contributed by atoms with E-state index in [0.29, 0.717) is 0 Å². The van der Waals surface area contributed by atoms with Crippen LogP contribution in [0.4, 0.5) is 5.82 Å². The van der Waals surface area contributed by atoms with Crippen molar-refractivity contribution in [2.24, 2.45) is 0 Å². The summed E-state index contributed by atoms with van der Waals surface area (Å²) in [5.74, 6) is 1.12. The van der Waals surface area contributed by atoms with E-state index in [9.17, 15) is 0 Å².